The first kappa shape index (κ1) is 11.9. The van der Waals surface area contributed by atoms with Crippen LogP contribution >= 0.6 is 11.6 Å². The lowest BCUT2D eigenvalue weighted by Gasteiger charge is -2.07. The molecule has 0 amide bonds. The van der Waals surface area contributed by atoms with E-state index in [1.807, 2.05) is 0 Å². The first-order valence-corrected chi connectivity index (χ1v) is 6.49. The first-order chi connectivity index (χ1) is 7.99. The highest BCUT2D eigenvalue weighted by Crippen LogP contribution is 2.22. The normalized spacial score (nSPS) is 11.4. The Bertz CT molecular complexity index is 624. The highest BCUT2D eigenvalue weighted by Gasteiger charge is 2.17. The van der Waals surface area contributed by atoms with Gasteiger partial charge in [-0.3, -0.25) is 9.82 Å². The second-order valence-corrected chi connectivity index (χ2v) is 5.39. The number of hydrogen-bond donors (Lipinski definition) is 2. The van der Waals surface area contributed by atoms with Crippen LogP contribution in [0.1, 0.15) is 5.56 Å². The van der Waals surface area contributed by atoms with Crippen LogP contribution in [0.2, 0.25) is 5.15 Å². The van der Waals surface area contributed by atoms with Gasteiger partial charge in [-0.05, 0) is 24.6 Å². The zero-order valence-corrected chi connectivity index (χ0v) is 10.4. The second kappa shape index (κ2) is 4.34. The second-order valence-electron chi connectivity index (χ2n) is 3.38. The van der Waals surface area contributed by atoms with Crippen molar-refractivity contribution in [1.82, 2.24) is 15.2 Å². The number of aromatic amines is 1. The lowest BCUT2D eigenvalue weighted by Crippen LogP contribution is -2.14. The molecule has 2 aromatic heterocycles. The lowest BCUT2D eigenvalue weighted by molar-refractivity contribution is 0.597. The van der Waals surface area contributed by atoms with E-state index in [9.17, 15) is 8.42 Å². The van der Waals surface area contributed by atoms with Gasteiger partial charge in [0.1, 0.15) is 0 Å². The number of sulfonamides is 1. The van der Waals surface area contributed by atoms with Gasteiger partial charge in [0.2, 0.25) is 0 Å². The molecule has 0 aliphatic carbocycles. The summed E-state index contributed by atoms with van der Waals surface area (Å²) in [5, 5.41) is 6.01. The Hall–Kier alpha value is -1.60. The van der Waals surface area contributed by atoms with Crippen LogP contribution in [0.15, 0.2) is 29.6 Å². The number of halogens is 1. The van der Waals surface area contributed by atoms with Gasteiger partial charge in [0.25, 0.3) is 10.0 Å². The lowest BCUT2D eigenvalue weighted by atomic mass is 10.3. The van der Waals surface area contributed by atoms with Gasteiger partial charge < -0.3 is 0 Å². The summed E-state index contributed by atoms with van der Waals surface area (Å²) in [4.78, 5) is 3.86. The van der Waals surface area contributed by atoms with Crippen molar-refractivity contribution < 1.29 is 8.42 Å². The third-order valence-electron chi connectivity index (χ3n) is 1.98. The van der Waals surface area contributed by atoms with Gasteiger partial charge in [-0.2, -0.15) is 13.5 Å². The monoisotopic (exact) mass is 272 g/mol. The number of hydrogen-bond acceptors (Lipinski definition) is 4. The van der Waals surface area contributed by atoms with Gasteiger partial charge >= 0.3 is 0 Å². The maximum Gasteiger partial charge on any atom is 0.278 e. The summed E-state index contributed by atoms with van der Waals surface area (Å²) >= 11 is 5.80. The van der Waals surface area contributed by atoms with Crippen molar-refractivity contribution in [2.45, 2.75) is 11.9 Å². The van der Waals surface area contributed by atoms with Crippen molar-refractivity contribution in [1.29, 1.82) is 0 Å². The maximum absolute atomic E-state index is 11.9. The third kappa shape index (κ3) is 2.56. The molecule has 6 nitrogen and oxygen atoms in total. The summed E-state index contributed by atoms with van der Waals surface area (Å²) in [6.07, 6.45) is 2.90. The molecule has 0 unspecified atom stereocenters. The van der Waals surface area contributed by atoms with E-state index in [1.165, 1.54) is 12.3 Å². The Morgan fingerprint density at radius 1 is 1.47 bits per heavy atom. The quantitative estimate of drug-likeness (QED) is 0.830. The fourth-order valence-corrected chi connectivity index (χ4v) is 2.39. The Balaban J connectivity index is 2.36. The Kier molecular flexibility index (Phi) is 3.03. The predicted molar refractivity (Wildman–Crippen MR) is 63.4 cm³/mol. The van der Waals surface area contributed by atoms with Crippen LogP contribution in [0.4, 0.5) is 5.69 Å². The zero-order chi connectivity index (χ0) is 12.5. The Morgan fingerprint density at radius 3 is 2.88 bits per heavy atom. The van der Waals surface area contributed by atoms with E-state index >= 15 is 0 Å². The molecule has 2 N–H and O–H groups in total. The molecule has 2 aromatic rings. The number of aromatic nitrogens is 3. The van der Waals surface area contributed by atoms with Crippen LogP contribution < -0.4 is 4.72 Å². The minimum atomic E-state index is -3.70. The van der Waals surface area contributed by atoms with E-state index in [0.29, 0.717) is 0 Å². The molecule has 0 fully saturated rings. The first-order valence-electron chi connectivity index (χ1n) is 4.63. The summed E-state index contributed by atoms with van der Waals surface area (Å²) < 4.78 is 26.1. The van der Waals surface area contributed by atoms with Crippen molar-refractivity contribution >= 4 is 27.3 Å². The van der Waals surface area contributed by atoms with Crippen LogP contribution in [0.5, 0.6) is 0 Å². The molecule has 0 saturated carbocycles. The number of H-pyrrole nitrogens is 1. The van der Waals surface area contributed by atoms with Crippen LogP contribution in [0, 0.1) is 6.92 Å². The van der Waals surface area contributed by atoms with Crippen molar-refractivity contribution in [3.05, 3.63) is 35.2 Å². The smallest absolute Gasteiger partial charge is 0.275 e. The minimum Gasteiger partial charge on any atom is -0.275 e. The summed E-state index contributed by atoms with van der Waals surface area (Å²) in [5.74, 6) is 0. The Labute approximate surface area is 103 Å². The fourth-order valence-electron chi connectivity index (χ4n) is 1.22. The predicted octanol–water partition coefficient (Wildman–Crippen LogP) is 1.57. The summed E-state index contributed by atoms with van der Waals surface area (Å²) in [6.45, 7) is 1.79. The molecule has 0 aliphatic rings. The van der Waals surface area contributed by atoms with Crippen molar-refractivity contribution in [3.8, 4) is 0 Å². The van der Waals surface area contributed by atoms with Gasteiger partial charge in [-0.25, -0.2) is 4.98 Å². The van der Waals surface area contributed by atoms with Crippen molar-refractivity contribution in [2.24, 2.45) is 0 Å². The molecule has 2 rings (SSSR count). The zero-order valence-electron chi connectivity index (χ0n) is 8.81. The van der Waals surface area contributed by atoms with Crippen LogP contribution in [-0.4, -0.2) is 23.6 Å². The van der Waals surface area contributed by atoms with Gasteiger partial charge in [-0.1, -0.05) is 11.6 Å². The van der Waals surface area contributed by atoms with Gasteiger partial charge in [0.05, 0.1) is 11.9 Å². The van der Waals surface area contributed by atoms with Gasteiger partial charge in [-0.15, -0.1) is 0 Å². The SMILES string of the molecule is Cc1cnc(Cl)c(NS(=O)(=O)c2ccn[nH]2)c1. The van der Waals surface area contributed by atoms with Crippen LogP contribution in [0.25, 0.3) is 0 Å². The van der Waals surface area contributed by atoms with E-state index in [4.69, 9.17) is 11.6 Å². The molecule has 0 saturated heterocycles. The molecule has 0 aromatic carbocycles. The maximum atomic E-state index is 11.9. The van der Waals surface area contributed by atoms with Crippen LogP contribution in [0.3, 0.4) is 0 Å². The van der Waals surface area contributed by atoms with E-state index in [1.54, 1.807) is 19.2 Å². The van der Waals surface area contributed by atoms with E-state index in [2.05, 4.69) is 19.9 Å². The number of pyridine rings is 1. The molecule has 0 radical (unpaired) electrons. The van der Waals surface area contributed by atoms with Crippen LogP contribution in [-0.2, 0) is 10.0 Å². The highest BCUT2D eigenvalue weighted by molar-refractivity contribution is 7.92. The average Bonchev–Trinajstić information content (AvgIpc) is 2.77. The summed E-state index contributed by atoms with van der Waals surface area (Å²) in [6, 6.07) is 2.95. The van der Waals surface area contributed by atoms with E-state index in [0.717, 1.165) is 5.56 Å². The minimum absolute atomic E-state index is 0.0323. The fraction of sp³-hybridized carbons (Fsp3) is 0.111. The standard InChI is InChI=1S/C9H9ClN4O2S/c1-6-4-7(9(10)11-5-6)14-17(15,16)8-2-3-12-13-8/h2-5,14H,1H3,(H,12,13). The molecule has 0 atom stereocenters. The molecule has 17 heavy (non-hydrogen) atoms. The Morgan fingerprint density at radius 2 is 2.24 bits per heavy atom. The number of nitrogens with zero attached hydrogens (tertiary/aromatic N) is 2. The van der Waals surface area contributed by atoms with E-state index < -0.39 is 10.0 Å². The summed E-state index contributed by atoms with van der Waals surface area (Å²) in [5.41, 5.74) is 1.04. The topological polar surface area (TPSA) is 87.7 Å². The number of rotatable bonds is 3. The molecular formula is C9H9ClN4O2S. The molecule has 2 heterocycles. The number of anilines is 1. The molecule has 0 bridgehead atoms. The molecule has 0 aliphatic heterocycles. The molecule has 8 heteroatoms. The number of nitrogens with one attached hydrogen (secondary N) is 2. The van der Waals surface area contributed by atoms with E-state index in [-0.39, 0.29) is 15.9 Å². The van der Waals surface area contributed by atoms with Crippen molar-refractivity contribution in [2.75, 3.05) is 4.72 Å². The largest absolute Gasteiger partial charge is 0.278 e. The molecule has 90 valence electrons. The molecular weight excluding hydrogens is 264 g/mol. The average molecular weight is 273 g/mol. The van der Waals surface area contributed by atoms with Gasteiger partial charge in [0, 0.05) is 6.20 Å². The van der Waals surface area contributed by atoms with Crippen molar-refractivity contribution in [3.63, 3.8) is 0 Å². The molecule has 0 spiro atoms. The third-order valence-corrected chi connectivity index (χ3v) is 3.58. The summed E-state index contributed by atoms with van der Waals surface area (Å²) in [7, 11) is -3.70. The number of aryl methyl sites for hydroxylation is 1. The van der Waals surface area contributed by atoms with Gasteiger partial charge in [0.15, 0.2) is 10.2 Å². The highest BCUT2D eigenvalue weighted by atomic mass is 35.5.